The summed E-state index contributed by atoms with van der Waals surface area (Å²) in [7, 11) is 0. The summed E-state index contributed by atoms with van der Waals surface area (Å²) in [4.78, 5) is 45.1. The van der Waals surface area contributed by atoms with Gasteiger partial charge in [0.25, 0.3) is 11.1 Å². The zero-order valence-corrected chi connectivity index (χ0v) is 18.5. The van der Waals surface area contributed by atoms with Crippen LogP contribution in [0.4, 0.5) is 5.69 Å². The number of benzene rings is 2. The van der Waals surface area contributed by atoms with E-state index in [0.717, 1.165) is 23.5 Å². The number of para-hydroxylation sites is 2. The van der Waals surface area contributed by atoms with Gasteiger partial charge in [-0.25, -0.2) is 9.79 Å². The predicted molar refractivity (Wildman–Crippen MR) is 128 cm³/mol. The molecule has 0 fully saturated rings. The maximum absolute atomic E-state index is 13.5. The molecule has 33 heavy (non-hydrogen) atoms. The van der Waals surface area contributed by atoms with Crippen molar-refractivity contribution in [3.63, 3.8) is 0 Å². The molecule has 0 saturated heterocycles. The number of aryl methyl sites for hydroxylation is 2. The van der Waals surface area contributed by atoms with Crippen LogP contribution in [-0.2, 0) is 0 Å². The zero-order chi connectivity index (χ0) is 23.7. The Balaban J connectivity index is 2.08. The maximum Gasteiger partial charge on any atom is 0.325 e. The smallest absolute Gasteiger partial charge is 0.325 e. The van der Waals surface area contributed by atoms with Crippen molar-refractivity contribution in [2.24, 2.45) is 4.99 Å². The minimum Gasteiger partial charge on any atom is -0.494 e. The van der Waals surface area contributed by atoms with Crippen molar-refractivity contribution in [3.8, 4) is 17.3 Å². The molecule has 4 aromatic rings. The maximum atomic E-state index is 13.5. The first-order chi connectivity index (χ1) is 15.8. The number of nitrogens with zero attached hydrogens (tertiary/aromatic N) is 3. The molecule has 0 atom stereocenters. The lowest BCUT2D eigenvalue weighted by Crippen LogP contribution is -2.28. The van der Waals surface area contributed by atoms with Gasteiger partial charge < -0.3 is 10.1 Å². The molecule has 0 aliphatic carbocycles. The lowest BCUT2D eigenvalue weighted by Gasteiger charge is -2.18. The van der Waals surface area contributed by atoms with Crippen LogP contribution in [0.2, 0.25) is 0 Å². The lowest BCUT2D eigenvalue weighted by molar-refractivity contribution is 0.429. The molecule has 3 N–H and O–H groups in total. The summed E-state index contributed by atoms with van der Waals surface area (Å²) < 4.78 is 2.77. The van der Waals surface area contributed by atoms with Crippen molar-refractivity contribution >= 4 is 24.1 Å². The average molecular weight is 462 g/mol. The van der Waals surface area contributed by atoms with Crippen LogP contribution < -0.4 is 16.8 Å². The summed E-state index contributed by atoms with van der Waals surface area (Å²) in [6.07, 6.45) is 2.20. The molecular formula is C23H19N5O4S. The molecule has 0 spiro atoms. The van der Waals surface area contributed by atoms with Crippen LogP contribution in [0.1, 0.15) is 16.7 Å². The van der Waals surface area contributed by atoms with Gasteiger partial charge >= 0.3 is 5.69 Å². The minimum absolute atomic E-state index is 0.0696. The Morgan fingerprint density at radius 1 is 0.939 bits per heavy atom. The van der Waals surface area contributed by atoms with Crippen LogP contribution in [0, 0.1) is 18.6 Å². The molecule has 0 saturated carbocycles. The van der Waals surface area contributed by atoms with Gasteiger partial charge in [0.2, 0.25) is 5.88 Å². The molecule has 4 rings (SSSR count). The third-order valence-corrected chi connectivity index (χ3v) is 5.48. The van der Waals surface area contributed by atoms with Gasteiger partial charge in [-0.2, -0.15) is 0 Å². The largest absolute Gasteiger partial charge is 0.494 e. The molecule has 9 nitrogen and oxygen atoms in total. The van der Waals surface area contributed by atoms with Gasteiger partial charge in [-0.3, -0.25) is 23.7 Å². The summed E-state index contributed by atoms with van der Waals surface area (Å²) in [5.74, 6) is -0.422. The SMILES string of the molecule is Cc1ccccc1-n1c(O)c(C=Nc2c[nH]c(=O)[nH]c2=O)c(=O)n(-c2ccccc2C)c1=S. The molecule has 0 aliphatic rings. The second-order valence-electron chi connectivity index (χ2n) is 7.28. The molecule has 0 aliphatic heterocycles. The summed E-state index contributed by atoms with van der Waals surface area (Å²) in [5, 5.41) is 11.1. The Morgan fingerprint density at radius 3 is 2.09 bits per heavy atom. The molecule has 2 aromatic heterocycles. The van der Waals surface area contributed by atoms with E-state index >= 15 is 0 Å². The summed E-state index contributed by atoms with van der Waals surface area (Å²) >= 11 is 5.65. The highest BCUT2D eigenvalue weighted by atomic mass is 32.1. The van der Waals surface area contributed by atoms with Crippen molar-refractivity contribution in [2.75, 3.05) is 0 Å². The van der Waals surface area contributed by atoms with Crippen molar-refractivity contribution in [3.05, 3.63) is 107 Å². The number of H-pyrrole nitrogens is 2. The van der Waals surface area contributed by atoms with Crippen molar-refractivity contribution < 1.29 is 5.11 Å². The number of aromatic hydroxyl groups is 1. The van der Waals surface area contributed by atoms with Gasteiger partial charge in [0, 0.05) is 12.4 Å². The van der Waals surface area contributed by atoms with Crippen molar-refractivity contribution in [1.82, 2.24) is 19.1 Å². The van der Waals surface area contributed by atoms with E-state index in [2.05, 4.69) is 15.0 Å². The lowest BCUT2D eigenvalue weighted by atomic mass is 10.2. The first-order valence-corrected chi connectivity index (χ1v) is 10.3. The molecule has 0 amide bonds. The Bertz CT molecular complexity index is 1640. The molecule has 10 heteroatoms. The van der Waals surface area contributed by atoms with E-state index in [4.69, 9.17) is 12.2 Å². The van der Waals surface area contributed by atoms with E-state index in [1.165, 1.54) is 9.13 Å². The summed E-state index contributed by atoms with van der Waals surface area (Å²) in [6, 6.07) is 14.5. The molecular weight excluding hydrogens is 442 g/mol. The predicted octanol–water partition coefficient (Wildman–Crippen LogP) is 2.81. The Labute approximate surface area is 192 Å². The third-order valence-electron chi connectivity index (χ3n) is 5.11. The molecule has 2 aromatic carbocycles. The van der Waals surface area contributed by atoms with E-state index in [0.29, 0.717) is 11.4 Å². The fourth-order valence-electron chi connectivity index (χ4n) is 3.42. The highest BCUT2D eigenvalue weighted by Crippen LogP contribution is 2.24. The highest BCUT2D eigenvalue weighted by Gasteiger charge is 2.19. The third kappa shape index (κ3) is 3.99. The standard InChI is InChI=1S/C23H19N5O4S/c1-13-7-3-5-9-17(13)27-20(30)15(11-24-16-12-25-22(32)26-19(16)29)21(31)28(23(27)33)18-10-6-4-8-14(18)2/h3-12,30H,1-2H3,(H2,25,26,29,32). The van der Waals surface area contributed by atoms with Crippen molar-refractivity contribution in [1.29, 1.82) is 0 Å². The van der Waals surface area contributed by atoms with Crippen LogP contribution in [0.25, 0.3) is 11.4 Å². The second-order valence-corrected chi connectivity index (χ2v) is 7.65. The summed E-state index contributed by atoms with van der Waals surface area (Å²) in [5.41, 5.74) is 0.399. The fraction of sp³-hybridized carbons (Fsp3) is 0.0870. The molecule has 2 heterocycles. The van der Waals surface area contributed by atoms with Gasteiger partial charge in [-0.05, 0) is 49.3 Å². The van der Waals surface area contributed by atoms with E-state index in [1.807, 2.05) is 38.1 Å². The van der Waals surface area contributed by atoms with E-state index in [1.54, 1.807) is 24.3 Å². The number of aromatic amines is 2. The van der Waals surface area contributed by atoms with Crippen LogP contribution in [0.3, 0.4) is 0 Å². The number of aromatic nitrogens is 4. The van der Waals surface area contributed by atoms with E-state index in [-0.39, 0.29) is 16.0 Å². The van der Waals surface area contributed by atoms with Gasteiger partial charge in [0.05, 0.1) is 11.4 Å². The first kappa shape index (κ1) is 21.9. The first-order valence-electron chi connectivity index (χ1n) is 9.88. The number of rotatable bonds is 4. The molecule has 166 valence electrons. The Morgan fingerprint density at radius 2 is 1.52 bits per heavy atom. The summed E-state index contributed by atoms with van der Waals surface area (Å²) in [6.45, 7) is 3.70. The average Bonchev–Trinajstić information content (AvgIpc) is 2.77. The Kier molecular flexibility index (Phi) is 5.76. The monoisotopic (exact) mass is 461 g/mol. The van der Waals surface area contributed by atoms with Crippen LogP contribution in [-0.4, -0.2) is 30.4 Å². The zero-order valence-electron chi connectivity index (χ0n) is 17.7. The second kappa shape index (κ2) is 8.67. The minimum atomic E-state index is -0.736. The highest BCUT2D eigenvalue weighted by molar-refractivity contribution is 7.71. The topological polar surface area (TPSA) is 125 Å². The normalized spacial score (nSPS) is 11.2. The van der Waals surface area contributed by atoms with Gasteiger partial charge in [0.1, 0.15) is 11.3 Å². The number of hydrogen-bond acceptors (Lipinski definition) is 6. The van der Waals surface area contributed by atoms with Crippen LogP contribution in [0.15, 0.2) is 74.1 Å². The van der Waals surface area contributed by atoms with Gasteiger partial charge in [-0.1, -0.05) is 36.4 Å². The molecule has 0 unspecified atom stereocenters. The van der Waals surface area contributed by atoms with E-state index in [9.17, 15) is 19.5 Å². The van der Waals surface area contributed by atoms with Gasteiger partial charge in [0.15, 0.2) is 4.77 Å². The quantitative estimate of drug-likeness (QED) is 0.318. The van der Waals surface area contributed by atoms with Crippen LogP contribution >= 0.6 is 12.2 Å². The number of aliphatic imine (C=N–C) groups is 1. The number of hydrogen-bond donors (Lipinski definition) is 3. The van der Waals surface area contributed by atoms with Crippen molar-refractivity contribution in [2.45, 2.75) is 13.8 Å². The number of nitrogens with one attached hydrogen (secondary N) is 2. The molecule has 0 radical (unpaired) electrons. The van der Waals surface area contributed by atoms with E-state index < -0.39 is 22.7 Å². The Hall–Kier alpha value is -4.31. The molecule has 0 bridgehead atoms. The fourth-order valence-corrected chi connectivity index (χ4v) is 3.78. The van der Waals surface area contributed by atoms with Gasteiger partial charge in [-0.15, -0.1) is 0 Å². The van der Waals surface area contributed by atoms with Crippen LogP contribution in [0.5, 0.6) is 5.88 Å².